The van der Waals surface area contributed by atoms with Gasteiger partial charge in [0.1, 0.15) is 22.3 Å². The van der Waals surface area contributed by atoms with Gasteiger partial charge in [0.05, 0.1) is 0 Å². The Labute approximate surface area is 508 Å². The lowest BCUT2D eigenvalue weighted by Crippen LogP contribution is -1.93. The molecule has 2 heterocycles. The molecule has 0 atom stereocenters. The first-order valence-corrected chi connectivity index (χ1v) is 30.3. The van der Waals surface area contributed by atoms with Crippen molar-refractivity contribution in [3.05, 3.63) is 315 Å². The van der Waals surface area contributed by atoms with Gasteiger partial charge in [-0.05, 0) is 204 Å². The summed E-state index contributed by atoms with van der Waals surface area (Å²) >= 11 is 0. The highest BCUT2D eigenvalue weighted by Crippen LogP contribution is 2.49. The molecule has 0 spiro atoms. The van der Waals surface area contributed by atoms with Crippen molar-refractivity contribution >= 4 is 97.7 Å². The van der Waals surface area contributed by atoms with Gasteiger partial charge in [-0.15, -0.1) is 0 Å². The van der Waals surface area contributed by atoms with Gasteiger partial charge >= 0.3 is 0 Å². The fourth-order valence-corrected chi connectivity index (χ4v) is 14.2. The zero-order chi connectivity index (χ0) is 57.8. The van der Waals surface area contributed by atoms with E-state index in [1.165, 1.54) is 109 Å². The summed E-state index contributed by atoms with van der Waals surface area (Å²) in [5, 5.41) is 16.6. The highest BCUT2D eigenvalue weighted by molar-refractivity contribution is 6.25. The van der Waals surface area contributed by atoms with E-state index in [2.05, 4.69) is 303 Å². The van der Waals surface area contributed by atoms with Gasteiger partial charge in [-0.2, -0.15) is 0 Å². The van der Waals surface area contributed by atoms with E-state index in [1.807, 2.05) is 12.1 Å². The third-order valence-corrected chi connectivity index (χ3v) is 18.4. The molecule has 0 radical (unpaired) electrons. The Balaban J connectivity index is 0.813. The summed E-state index contributed by atoms with van der Waals surface area (Å²) in [6.07, 6.45) is 0. The van der Waals surface area contributed by atoms with Crippen molar-refractivity contribution in [3.63, 3.8) is 0 Å². The molecule has 16 aromatic carbocycles. The van der Waals surface area contributed by atoms with E-state index in [0.29, 0.717) is 0 Å². The summed E-state index contributed by atoms with van der Waals surface area (Å²) in [7, 11) is 0. The molecule has 18 aromatic rings. The van der Waals surface area contributed by atoms with Gasteiger partial charge < -0.3 is 8.83 Å². The molecule has 0 N–H and O–H groups in total. The Morgan fingerprint density at radius 3 is 0.932 bits per heavy atom. The molecular formula is C86H52O2. The van der Waals surface area contributed by atoms with Crippen molar-refractivity contribution in [2.24, 2.45) is 0 Å². The Kier molecular flexibility index (Phi) is 11.3. The van der Waals surface area contributed by atoms with E-state index >= 15 is 0 Å². The quantitative estimate of drug-likeness (QED) is 0.142. The number of furan rings is 2. The molecule has 0 saturated carbocycles. The monoisotopic (exact) mass is 1120 g/mol. The SMILES string of the molecule is c1ccc(-c2ccc(-c3c4ccccc4c(-c4ccc5oc6ccccc6c5c4)c4ccc(-c5ccc(-c6ccc7c(-c8ccc9oc%10ccccc%10c9c8)c8ccc(-c9ccc%10ccccc%10c9)cc8c(-c8ccccc8)c7c6)cc5)cc34)cc2)cc1. The minimum atomic E-state index is 0.887. The molecule has 2 heteroatoms. The number of hydrogen-bond donors (Lipinski definition) is 0. The summed E-state index contributed by atoms with van der Waals surface area (Å²) in [5.74, 6) is 0. The Bertz CT molecular complexity index is 5830. The Morgan fingerprint density at radius 1 is 0.136 bits per heavy atom. The standard InChI is InChI=1S/C86H52O2/c1-3-15-53(16-4-1)55-31-34-59(35-32-55)83-69-23-9-10-24-70(69)85(65-40-45-81-74(51-65)67-21-11-13-25-79(67)87-81)71-42-37-62(48-76(71)83)56-27-29-57(30-28-56)63-38-43-72-77(49-63)84(58-18-5-2-6-19-58)78-50-64(61-36-33-54-17-7-8-20-60(54)47-61)39-44-73(78)86(72)66-41-46-82-75(52-66)68-22-12-14-26-80(68)88-82/h1-52H. The summed E-state index contributed by atoms with van der Waals surface area (Å²) < 4.78 is 12.8. The number of benzene rings is 16. The van der Waals surface area contributed by atoms with Gasteiger partial charge in [0.15, 0.2) is 0 Å². The normalized spacial score (nSPS) is 11.9. The van der Waals surface area contributed by atoms with Gasteiger partial charge in [0, 0.05) is 21.5 Å². The zero-order valence-electron chi connectivity index (χ0n) is 47.8. The average Bonchev–Trinajstić information content (AvgIpc) is 1.03. The molecule has 0 aliphatic rings. The Morgan fingerprint density at radius 2 is 0.420 bits per heavy atom. The Hall–Kier alpha value is -11.6. The van der Waals surface area contributed by atoms with Crippen LogP contribution >= 0.6 is 0 Å². The van der Waals surface area contributed by atoms with E-state index in [1.54, 1.807) is 0 Å². The first-order valence-electron chi connectivity index (χ1n) is 30.3. The van der Waals surface area contributed by atoms with Gasteiger partial charge in [-0.25, -0.2) is 0 Å². The lowest BCUT2D eigenvalue weighted by molar-refractivity contribution is 0.668. The first-order chi connectivity index (χ1) is 43.6. The molecule has 2 aromatic heterocycles. The van der Waals surface area contributed by atoms with Crippen LogP contribution in [0, 0.1) is 0 Å². The molecule has 0 aliphatic heterocycles. The van der Waals surface area contributed by atoms with Crippen molar-refractivity contribution in [2.45, 2.75) is 0 Å². The average molecular weight is 1120 g/mol. The van der Waals surface area contributed by atoms with Crippen molar-refractivity contribution in [1.82, 2.24) is 0 Å². The number of hydrogen-bond acceptors (Lipinski definition) is 2. The van der Waals surface area contributed by atoms with Crippen molar-refractivity contribution in [1.29, 1.82) is 0 Å². The summed E-state index contributed by atoms with van der Waals surface area (Å²) in [4.78, 5) is 0. The maximum atomic E-state index is 6.40. The third-order valence-electron chi connectivity index (χ3n) is 18.4. The van der Waals surface area contributed by atoms with Crippen LogP contribution in [0.5, 0.6) is 0 Å². The molecule has 18 rings (SSSR count). The van der Waals surface area contributed by atoms with E-state index in [4.69, 9.17) is 8.83 Å². The molecule has 0 amide bonds. The van der Waals surface area contributed by atoms with Crippen LogP contribution in [0.3, 0.4) is 0 Å². The number of para-hydroxylation sites is 2. The zero-order valence-corrected chi connectivity index (χ0v) is 47.8. The molecule has 0 unspecified atom stereocenters. The van der Waals surface area contributed by atoms with Crippen molar-refractivity contribution in [3.8, 4) is 89.0 Å². The fourth-order valence-electron chi connectivity index (χ4n) is 14.2. The number of fused-ring (bicyclic) bond motifs is 11. The molecule has 0 fully saturated rings. The molecule has 408 valence electrons. The second-order valence-corrected chi connectivity index (χ2v) is 23.4. The minimum Gasteiger partial charge on any atom is -0.456 e. The molecular weight excluding hydrogens is 1060 g/mol. The topological polar surface area (TPSA) is 26.3 Å². The second kappa shape index (κ2) is 20.0. The predicted octanol–water partition coefficient (Wildman–Crippen LogP) is 24.6. The highest BCUT2D eigenvalue weighted by Gasteiger charge is 2.22. The van der Waals surface area contributed by atoms with E-state index in [-0.39, 0.29) is 0 Å². The van der Waals surface area contributed by atoms with Crippen LogP contribution in [0.4, 0.5) is 0 Å². The summed E-state index contributed by atoms with van der Waals surface area (Å²) in [6.45, 7) is 0. The molecule has 2 nitrogen and oxygen atoms in total. The molecule has 0 saturated heterocycles. The van der Waals surface area contributed by atoms with Crippen LogP contribution < -0.4 is 0 Å². The van der Waals surface area contributed by atoms with Crippen LogP contribution in [0.25, 0.3) is 187 Å². The summed E-state index contributed by atoms with van der Waals surface area (Å²) in [6, 6.07) is 116. The van der Waals surface area contributed by atoms with Gasteiger partial charge in [-0.1, -0.05) is 255 Å². The summed E-state index contributed by atoms with van der Waals surface area (Å²) in [5.41, 5.74) is 22.5. The third kappa shape index (κ3) is 8.11. The van der Waals surface area contributed by atoms with Gasteiger partial charge in [0.25, 0.3) is 0 Å². The maximum absolute atomic E-state index is 6.40. The smallest absolute Gasteiger partial charge is 0.135 e. The van der Waals surface area contributed by atoms with E-state index in [0.717, 1.165) is 77.3 Å². The van der Waals surface area contributed by atoms with Crippen LogP contribution in [-0.4, -0.2) is 0 Å². The lowest BCUT2D eigenvalue weighted by Gasteiger charge is -2.20. The van der Waals surface area contributed by atoms with E-state index in [9.17, 15) is 0 Å². The van der Waals surface area contributed by atoms with Gasteiger partial charge in [-0.3, -0.25) is 0 Å². The predicted molar refractivity (Wildman–Crippen MR) is 372 cm³/mol. The largest absolute Gasteiger partial charge is 0.456 e. The second-order valence-electron chi connectivity index (χ2n) is 23.4. The number of rotatable bonds is 8. The fraction of sp³-hybridized carbons (Fsp3) is 0. The highest BCUT2D eigenvalue weighted by atomic mass is 16.3. The van der Waals surface area contributed by atoms with Gasteiger partial charge in [0.2, 0.25) is 0 Å². The first kappa shape index (κ1) is 49.8. The van der Waals surface area contributed by atoms with E-state index < -0.39 is 0 Å². The van der Waals surface area contributed by atoms with Crippen LogP contribution in [0.2, 0.25) is 0 Å². The van der Waals surface area contributed by atoms with Crippen LogP contribution in [0.1, 0.15) is 0 Å². The van der Waals surface area contributed by atoms with Crippen LogP contribution in [0.15, 0.2) is 324 Å². The lowest BCUT2D eigenvalue weighted by atomic mass is 9.83. The minimum absolute atomic E-state index is 0.887. The molecule has 88 heavy (non-hydrogen) atoms. The van der Waals surface area contributed by atoms with Crippen molar-refractivity contribution < 1.29 is 8.83 Å². The maximum Gasteiger partial charge on any atom is 0.135 e. The molecule has 0 bridgehead atoms. The van der Waals surface area contributed by atoms with Crippen LogP contribution in [-0.2, 0) is 0 Å². The van der Waals surface area contributed by atoms with Crippen molar-refractivity contribution in [2.75, 3.05) is 0 Å². The molecule has 0 aliphatic carbocycles.